The molecule has 1 saturated carbocycles. The van der Waals surface area contributed by atoms with E-state index < -0.39 is 0 Å². The Balaban J connectivity index is 1.87. The van der Waals surface area contributed by atoms with Crippen LogP contribution in [0.15, 0.2) is 12.3 Å². The molecular formula is C15H24N2. The minimum Gasteiger partial charge on any atom is -0.310 e. The predicted molar refractivity (Wildman–Crippen MR) is 72.0 cm³/mol. The zero-order valence-electron chi connectivity index (χ0n) is 11.3. The second-order valence-electron chi connectivity index (χ2n) is 5.59. The summed E-state index contributed by atoms with van der Waals surface area (Å²) in [6.45, 7) is 7.54. The van der Waals surface area contributed by atoms with Crippen LogP contribution < -0.4 is 5.32 Å². The maximum Gasteiger partial charge on any atom is 0.0417 e. The van der Waals surface area contributed by atoms with Gasteiger partial charge in [-0.25, -0.2) is 0 Å². The van der Waals surface area contributed by atoms with Crippen molar-refractivity contribution in [3.8, 4) is 0 Å². The van der Waals surface area contributed by atoms with Crippen LogP contribution in [0.5, 0.6) is 0 Å². The average Bonchev–Trinajstić information content (AvgIpc) is 2.32. The molecule has 2 rings (SSSR count). The lowest BCUT2D eigenvalue weighted by molar-refractivity contribution is 0.306. The molecule has 0 aliphatic heterocycles. The lowest BCUT2D eigenvalue weighted by atomic mass is 9.87. The van der Waals surface area contributed by atoms with Crippen LogP contribution in [0.2, 0.25) is 0 Å². The molecule has 0 aromatic carbocycles. The first kappa shape index (κ1) is 12.6. The van der Waals surface area contributed by atoms with Crippen molar-refractivity contribution >= 4 is 0 Å². The molecule has 1 heterocycles. The average molecular weight is 232 g/mol. The lowest BCUT2D eigenvalue weighted by Crippen LogP contribution is -2.32. The standard InChI is InChI=1S/C15H24N2/c1-11-4-6-15(7-5-11)17-10-14-8-12(2)9-16-13(14)3/h8-9,11,15,17H,4-7,10H2,1-3H3/t11-,15+. The molecule has 0 amide bonds. The first-order valence-corrected chi connectivity index (χ1v) is 6.80. The topological polar surface area (TPSA) is 24.9 Å². The summed E-state index contributed by atoms with van der Waals surface area (Å²) in [5, 5.41) is 3.69. The largest absolute Gasteiger partial charge is 0.310 e. The third kappa shape index (κ3) is 3.53. The Labute approximate surface area is 105 Å². The highest BCUT2D eigenvalue weighted by Crippen LogP contribution is 2.23. The van der Waals surface area contributed by atoms with E-state index in [0.29, 0.717) is 6.04 Å². The van der Waals surface area contributed by atoms with Gasteiger partial charge in [0.2, 0.25) is 0 Å². The van der Waals surface area contributed by atoms with Crippen LogP contribution in [0, 0.1) is 19.8 Å². The zero-order valence-corrected chi connectivity index (χ0v) is 11.3. The van der Waals surface area contributed by atoms with Crippen molar-refractivity contribution in [2.45, 2.75) is 59.0 Å². The highest BCUT2D eigenvalue weighted by atomic mass is 14.9. The molecule has 2 nitrogen and oxygen atoms in total. The number of aryl methyl sites for hydroxylation is 2. The Bertz CT molecular complexity index is 365. The minimum atomic E-state index is 0.714. The number of pyridine rings is 1. The number of nitrogens with one attached hydrogen (secondary N) is 1. The van der Waals surface area contributed by atoms with E-state index in [1.807, 2.05) is 6.20 Å². The lowest BCUT2D eigenvalue weighted by Gasteiger charge is -2.27. The molecule has 1 aliphatic carbocycles. The highest BCUT2D eigenvalue weighted by molar-refractivity contribution is 5.23. The van der Waals surface area contributed by atoms with Gasteiger partial charge in [0.15, 0.2) is 0 Å². The summed E-state index contributed by atoms with van der Waals surface area (Å²) in [7, 11) is 0. The SMILES string of the molecule is Cc1cnc(C)c(CN[C@H]2CC[C@@H](C)CC2)c1. The van der Waals surface area contributed by atoms with Crippen LogP contribution in [0.1, 0.15) is 49.4 Å². The molecule has 1 fully saturated rings. The highest BCUT2D eigenvalue weighted by Gasteiger charge is 2.17. The van der Waals surface area contributed by atoms with Crippen molar-refractivity contribution in [1.82, 2.24) is 10.3 Å². The van der Waals surface area contributed by atoms with Gasteiger partial charge >= 0.3 is 0 Å². The first-order chi connectivity index (χ1) is 8.15. The minimum absolute atomic E-state index is 0.714. The van der Waals surface area contributed by atoms with Gasteiger partial charge in [0.25, 0.3) is 0 Å². The second kappa shape index (κ2) is 5.63. The summed E-state index contributed by atoms with van der Waals surface area (Å²) in [6, 6.07) is 2.96. The number of aromatic nitrogens is 1. The van der Waals surface area contributed by atoms with Gasteiger partial charge in [-0.1, -0.05) is 13.0 Å². The Morgan fingerprint density at radius 1 is 1.24 bits per heavy atom. The van der Waals surface area contributed by atoms with Gasteiger partial charge in [-0.05, 0) is 56.6 Å². The van der Waals surface area contributed by atoms with Crippen LogP contribution in [0.4, 0.5) is 0 Å². The summed E-state index contributed by atoms with van der Waals surface area (Å²) in [5.74, 6) is 0.926. The molecule has 1 aromatic rings. The quantitative estimate of drug-likeness (QED) is 0.864. The number of nitrogens with zero attached hydrogens (tertiary/aromatic N) is 1. The Hall–Kier alpha value is -0.890. The molecule has 94 valence electrons. The van der Waals surface area contributed by atoms with E-state index >= 15 is 0 Å². The number of hydrogen-bond acceptors (Lipinski definition) is 2. The molecule has 0 radical (unpaired) electrons. The maximum atomic E-state index is 4.41. The van der Waals surface area contributed by atoms with Gasteiger partial charge in [-0.3, -0.25) is 4.98 Å². The molecular weight excluding hydrogens is 208 g/mol. The maximum absolute atomic E-state index is 4.41. The van der Waals surface area contributed by atoms with Gasteiger partial charge in [0.1, 0.15) is 0 Å². The van der Waals surface area contributed by atoms with Crippen molar-refractivity contribution < 1.29 is 0 Å². The monoisotopic (exact) mass is 232 g/mol. The van der Waals surface area contributed by atoms with E-state index in [1.54, 1.807) is 0 Å². The van der Waals surface area contributed by atoms with Gasteiger partial charge in [0.05, 0.1) is 0 Å². The molecule has 17 heavy (non-hydrogen) atoms. The molecule has 0 unspecified atom stereocenters. The Kier molecular flexibility index (Phi) is 4.16. The van der Waals surface area contributed by atoms with E-state index in [4.69, 9.17) is 0 Å². The van der Waals surface area contributed by atoms with Crippen LogP contribution in [0.25, 0.3) is 0 Å². The fraction of sp³-hybridized carbons (Fsp3) is 0.667. The normalized spacial score (nSPS) is 24.9. The third-order valence-electron chi connectivity index (χ3n) is 3.93. The molecule has 2 heteroatoms. The van der Waals surface area contributed by atoms with Crippen LogP contribution in [0.3, 0.4) is 0 Å². The van der Waals surface area contributed by atoms with E-state index in [9.17, 15) is 0 Å². The molecule has 0 spiro atoms. The summed E-state index contributed by atoms with van der Waals surface area (Å²) in [6.07, 6.45) is 7.37. The van der Waals surface area contributed by atoms with Gasteiger partial charge in [-0.15, -0.1) is 0 Å². The van der Waals surface area contributed by atoms with E-state index in [2.05, 4.69) is 37.1 Å². The Morgan fingerprint density at radius 3 is 2.65 bits per heavy atom. The second-order valence-corrected chi connectivity index (χ2v) is 5.59. The number of rotatable bonds is 3. The summed E-state index contributed by atoms with van der Waals surface area (Å²) < 4.78 is 0. The zero-order chi connectivity index (χ0) is 12.3. The summed E-state index contributed by atoms with van der Waals surface area (Å²) in [4.78, 5) is 4.41. The van der Waals surface area contributed by atoms with Crippen LogP contribution in [-0.4, -0.2) is 11.0 Å². The van der Waals surface area contributed by atoms with Crippen molar-refractivity contribution in [3.05, 3.63) is 29.1 Å². The van der Waals surface area contributed by atoms with E-state index in [-0.39, 0.29) is 0 Å². The van der Waals surface area contributed by atoms with Crippen LogP contribution in [-0.2, 0) is 6.54 Å². The Morgan fingerprint density at radius 2 is 1.94 bits per heavy atom. The van der Waals surface area contributed by atoms with Crippen molar-refractivity contribution in [1.29, 1.82) is 0 Å². The van der Waals surface area contributed by atoms with Crippen molar-refractivity contribution in [2.75, 3.05) is 0 Å². The third-order valence-corrected chi connectivity index (χ3v) is 3.93. The summed E-state index contributed by atoms with van der Waals surface area (Å²) in [5.41, 5.74) is 3.76. The van der Waals surface area contributed by atoms with Crippen LogP contribution >= 0.6 is 0 Å². The summed E-state index contributed by atoms with van der Waals surface area (Å²) >= 11 is 0. The van der Waals surface area contributed by atoms with Crippen molar-refractivity contribution in [3.63, 3.8) is 0 Å². The van der Waals surface area contributed by atoms with Gasteiger partial charge in [-0.2, -0.15) is 0 Å². The fourth-order valence-corrected chi connectivity index (χ4v) is 2.60. The molecule has 1 aliphatic rings. The molecule has 0 bridgehead atoms. The molecule has 0 saturated heterocycles. The molecule has 1 N–H and O–H groups in total. The molecule has 1 aromatic heterocycles. The van der Waals surface area contributed by atoms with Gasteiger partial charge in [0, 0.05) is 24.5 Å². The predicted octanol–water partition coefficient (Wildman–Crippen LogP) is 3.37. The molecule has 0 atom stereocenters. The van der Waals surface area contributed by atoms with E-state index in [0.717, 1.165) is 18.2 Å². The fourth-order valence-electron chi connectivity index (χ4n) is 2.60. The number of hydrogen-bond donors (Lipinski definition) is 1. The first-order valence-electron chi connectivity index (χ1n) is 6.80. The smallest absolute Gasteiger partial charge is 0.0417 e. The van der Waals surface area contributed by atoms with E-state index in [1.165, 1.54) is 36.8 Å². The van der Waals surface area contributed by atoms with Gasteiger partial charge < -0.3 is 5.32 Å². The van der Waals surface area contributed by atoms with Crippen molar-refractivity contribution in [2.24, 2.45) is 5.92 Å².